The Morgan fingerprint density at radius 3 is 3.00 bits per heavy atom. The molecule has 3 N–H and O–H groups in total. The normalized spacial score (nSPS) is 10.3. The van der Waals surface area contributed by atoms with Crippen molar-refractivity contribution >= 4 is 29.4 Å². The van der Waals surface area contributed by atoms with E-state index in [-0.39, 0.29) is 0 Å². The number of hydrogen-bond donors (Lipinski definition) is 2. The number of aromatic amines is 1. The number of nitrogens with one attached hydrogen (secondary N) is 1. The zero-order valence-corrected chi connectivity index (χ0v) is 7.65. The number of aromatic nitrogens is 3. The molecule has 0 aliphatic heterocycles. The van der Waals surface area contributed by atoms with E-state index in [4.69, 9.17) is 18.0 Å². The molecule has 2 heterocycles. The smallest absolute Gasteiger partial charge is 0.159 e. The molecule has 2 aromatic rings. The van der Waals surface area contributed by atoms with Crippen molar-refractivity contribution in [2.75, 3.05) is 5.73 Å². The molecule has 0 radical (unpaired) electrons. The molecule has 0 bridgehead atoms. The molecule has 12 heavy (non-hydrogen) atoms. The van der Waals surface area contributed by atoms with Crippen LogP contribution in [0.3, 0.4) is 0 Å². The second kappa shape index (κ2) is 2.72. The Labute approximate surface area is 77.8 Å². The van der Waals surface area contributed by atoms with Crippen LogP contribution in [0.25, 0.3) is 5.00 Å². The first-order chi connectivity index (χ1) is 5.79. The highest BCUT2D eigenvalue weighted by molar-refractivity contribution is 7.71. The predicted molar refractivity (Wildman–Crippen MR) is 51.0 cm³/mol. The van der Waals surface area contributed by atoms with Crippen molar-refractivity contribution in [3.63, 3.8) is 0 Å². The number of H-pyrrole nitrogens is 1. The summed E-state index contributed by atoms with van der Waals surface area (Å²) in [6.07, 6.45) is 3.52. The Morgan fingerprint density at radius 2 is 2.50 bits per heavy atom. The van der Waals surface area contributed by atoms with E-state index in [1.807, 2.05) is 12.3 Å². The first-order valence-corrected chi connectivity index (χ1v) is 4.48. The largest absolute Gasteiger partial charge is 0.394 e. The summed E-state index contributed by atoms with van der Waals surface area (Å²) in [4.78, 5) is 0. The van der Waals surface area contributed by atoms with E-state index in [0.717, 1.165) is 5.00 Å². The Balaban J connectivity index is 2.62. The molecule has 62 valence electrons. The van der Waals surface area contributed by atoms with Gasteiger partial charge in [-0.25, -0.2) is 4.68 Å². The molecule has 0 saturated carbocycles. The first-order valence-electron chi connectivity index (χ1n) is 3.26. The van der Waals surface area contributed by atoms with E-state index in [9.17, 15) is 0 Å². The SMILES string of the molecule is Nc1c(-n2cccn2)s[nH]c1=S. The van der Waals surface area contributed by atoms with Crippen molar-refractivity contribution in [3.05, 3.63) is 23.1 Å². The molecule has 6 heteroatoms. The predicted octanol–water partition coefficient (Wildman–Crippen LogP) is 1.57. The molecule has 0 atom stereocenters. The number of nitrogens with two attached hydrogens (primary N) is 1. The van der Waals surface area contributed by atoms with Crippen LogP contribution in [-0.2, 0) is 0 Å². The molecular weight excluding hydrogens is 192 g/mol. The topological polar surface area (TPSA) is 59.6 Å². The molecule has 2 aromatic heterocycles. The summed E-state index contributed by atoms with van der Waals surface area (Å²) in [6, 6.07) is 1.84. The van der Waals surface area contributed by atoms with Gasteiger partial charge in [0.1, 0.15) is 10.3 Å². The fourth-order valence-corrected chi connectivity index (χ4v) is 1.86. The van der Waals surface area contributed by atoms with Gasteiger partial charge in [0.05, 0.1) is 0 Å². The third-order valence-electron chi connectivity index (χ3n) is 1.43. The highest BCUT2D eigenvalue weighted by Crippen LogP contribution is 2.21. The summed E-state index contributed by atoms with van der Waals surface area (Å²) >= 11 is 6.32. The Hall–Kier alpha value is -1.14. The van der Waals surface area contributed by atoms with Gasteiger partial charge in [-0.15, -0.1) is 0 Å². The molecule has 0 fully saturated rings. The number of rotatable bonds is 1. The van der Waals surface area contributed by atoms with Gasteiger partial charge < -0.3 is 5.73 Å². The summed E-state index contributed by atoms with van der Waals surface area (Å²) < 4.78 is 5.16. The summed E-state index contributed by atoms with van der Waals surface area (Å²) in [5, 5.41) is 4.88. The third-order valence-corrected chi connectivity index (χ3v) is 2.79. The van der Waals surface area contributed by atoms with Gasteiger partial charge in [0.2, 0.25) is 0 Å². The molecule has 0 aromatic carbocycles. The summed E-state index contributed by atoms with van der Waals surface area (Å²) in [7, 11) is 0. The standard InChI is InChI=1S/C6H6N4S2/c7-4-5(11)9-12-6(4)10-3-1-2-8-10/h1-3H,7H2,(H,9,11). The zero-order chi connectivity index (χ0) is 8.55. The van der Waals surface area contributed by atoms with Crippen molar-refractivity contribution < 1.29 is 0 Å². The highest BCUT2D eigenvalue weighted by Gasteiger charge is 2.05. The van der Waals surface area contributed by atoms with Gasteiger partial charge in [0.25, 0.3) is 0 Å². The molecule has 0 unspecified atom stereocenters. The lowest BCUT2D eigenvalue weighted by Crippen LogP contribution is -1.95. The van der Waals surface area contributed by atoms with Crippen LogP contribution in [0.2, 0.25) is 0 Å². The van der Waals surface area contributed by atoms with Gasteiger partial charge in [-0.1, -0.05) is 12.2 Å². The minimum absolute atomic E-state index is 0.575. The monoisotopic (exact) mass is 198 g/mol. The lowest BCUT2D eigenvalue weighted by molar-refractivity contribution is 0.899. The molecule has 0 spiro atoms. The van der Waals surface area contributed by atoms with Crippen LogP contribution in [-0.4, -0.2) is 14.2 Å². The molecule has 2 rings (SSSR count). The fourth-order valence-electron chi connectivity index (χ4n) is 0.861. The second-order valence-electron chi connectivity index (χ2n) is 2.20. The third kappa shape index (κ3) is 1.05. The average molecular weight is 198 g/mol. The highest BCUT2D eigenvalue weighted by atomic mass is 32.1. The van der Waals surface area contributed by atoms with E-state index in [1.165, 1.54) is 11.5 Å². The quantitative estimate of drug-likeness (QED) is 0.684. The maximum Gasteiger partial charge on any atom is 0.159 e. The van der Waals surface area contributed by atoms with E-state index < -0.39 is 0 Å². The first kappa shape index (κ1) is 7.51. The van der Waals surface area contributed by atoms with Crippen LogP contribution in [0.4, 0.5) is 5.69 Å². The number of nitrogens with zero attached hydrogens (tertiary/aromatic N) is 2. The van der Waals surface area contributed by atoms with Crippen LogP contribution >= 0.6 is 23.8 Å². The van der Waals surface area contributed by atoms with Gasteiger partial charge >= 0.3 is 0 Å². The van der Waals surface area contributed by atoms with Crippen LogP contribution in [0.1, 0.15) is 0 Å². The minimum Gasteiger partial charge on any atom is -0.394 e. The van der Waals surface area contributed by atoms with Crippen LogP contribution in [0.5, 0.6) is 0 Å². The van der Waals surface area contributed by atoms with Gasteiger partial charge in [-0.05, 0) is 17.6 Å². The number of anilines is 1. The fraction of sp³-hybridized carbons (Fsp3) is 0. The Morgan fingerprint density at radius 1 is 1.67 bits per heavy atom. The minimum atomic E-state index is 0.575. The molecule has 4 nitrogen and oxygen atoms in total. The van der Waals surface area contributed by atoms with Gasteiger partial charge in [-0.3, -0.25) is 4.37 Å². The summed E-state index contributed by atoms with van der Waals surface area (Å²) in [5.41, 5.74) is 6.29. The van der Waals surface area contributed by atoms with Gasteiger partial charge in [-0.2, -0.15) is 5.10 Å². The molecule has 0 aliphatic carbocycles. The van der Waals surface area contributed by atoms with Crippen molar-refractivity contribution in [2.24, 2.45) is 0 Å². The van der Waals surface area contributed by atoms with Crippen LogP contribution in [0.15, 0.2) is 18.5 Å². The Kier molecular flexibility index (Phi) is 1.70. The lowest BCUT2D eigenvalue weighted by Gasteiger charge is -1.95. The number of nitrogen functional groups attached to an aromatic ring is 1. The average Bonchev–Trinajstić information content (AvgIpc) is 2.64. The maximum absolute atomic E-state index is 5.71. The zero-order valence-electron chi connectivity index (χ0n) is 6.02. The van der Waals surface area contributed by atoms with Crippen molar-refractivity contribution in [1.82, 2.24) is 14.2 Å². The summed E-state index contributed by atoms with van der Waals surface area (Å²) in [5.74, 6) is 0. The molecule has 0 amide bonds. The molecular formula is C6H6N4S2. The van der Waals surface area contributed by atoms with Gasteiger partial charge in [0.15, 0.2) is 5.00 Å². The van der Waals surface area contributed by atoms with E-state index in [2.05, 4.69) is 9.47 Å². The van der Waals surface area contributed by atoms with Crippen LogP contribution in [0, 0.1) is 4.64 Å². The van der Waals surface area contributed by atoms with E-state index in [1.54, 1.807) is 10.9 Å². The summed E-state index contributed by atoms with van der Waals surface area (Å²) in [6.45, 7) is 0. The van der Waals surface area contributed by atoms with E-state index >= 15 is 0 Å². The van der Waals surface area contributed by atoms with Gasteiger partial charge in [0, 0.05) is 12.4 Å². The van der Waals surface area contributed by atoms with Crippen molar-refractivity contribution in [1.29, 1.82) is 0 Å². The van der Waals surface area contributed by atoms with Crippen molar-refractivity contribution in [2.45, 2.75) is 0 Å². The maximum atomic E-state index is 5.71. The Bertz CT molecular complexity index is 425. The molecule has 0 aliphatic rings. The lowest BCUT2D eigenvalue weighted by atomic mass is 10.6. The number of hydrogen-bond acceptors (Lipinski definition) is 4. The molecule has 0 saturated heterocycles. The second-order valence-corrected chi connectivity index (χ2v) is 3.41. The van der Waals surface area contributed by atoms with E-state index in [0.29, 0.717) is 10.3 Å². The van der Waals surface area contributed by atoms with Crippen LogP contribution < -0.4 is 5.73 Å². The van der Waals surface area contributed by atoms with Crippen molar-refractivity contribution in [3.8, 4) is 5.00 Å².